The van der Waals surface area contributed by atoms with Crippen LogP contribution in [0, 0.1) is 11.6 Å². The van der Waals surface area contributed by atoms with Gasteiger partial charge in [0.15, 0.2) is 0 Å². The van der Waals surface area contributed by atoms with Gasteiger partial charge in [0, 0.05) is 28.9 Å². The Balaban J connectivity index is 0.000000148. The highest BCUT2D eigenvalue weighted by molar-refractivity contribution is 9.10. The van der Waals surface area contributed by atoms with E-state index in [1.807, 2.05) is 95.2 Å². The van der Waals surface area contributed by atoms with Crippen molar-refractivity contribution in [2.45, 2.75) is 153 Å². The predicted molar refractivity (Wildman–Crippen MR) is 254 cm³/mol. The number of ether oxygens (including phenoxy) is 2. The SMILES string of the molecule is CC1(C)OB(B2OC(C)(C)C(C)(C)O2)OC1(C)C.CC1(C)OB(c2cc(F)cc(NC3(CN4CCCC4)COC3)c2)OC1(C)C.Fc1cc(Br)cc(NC2(CN3CCCC3)COC2)c1. The molecule has 0 radical (unpaired) electrons. The van der Waals surface area contributed by atoms with E-state index in [2.05, 4.69) is 36.4 Å². The fraction of sp³-hybridized carbons (Fsp3) is 0.739. The number of hydrogen-bond acceptors (Lipinski definition) is 12. The van der Waals surface area contributed by atoms with Crippen LogP contribution in [0.3, 0.4) is 0 Å². The third kappa shape index (κ3) is 11.2. The highest BCUT2D eigenvalue weighted by atomic mass is 79.9. The number of likely N-dealkylation sites (tertiary alicyclic amines) is 2. The lowest BCUT2D eigenvalue weighted by atomic mass is 9.49. The van der Waals surface area contributed by atoms with Gasteiger partial charge in [0.25, 0.3) is 0 Å². The number of nitrogens with zero attached hydrogens (tertiary/aromatic N) is 2. The lowest BCUT2D eigenvalue weighted by Crippen LogP contribution is -2.62. The predicted octanol–water partition coefficient (Wildman–Crippen LogP) is 7.52. The van der Waals surface area contributed by atoms with E-state index in [9.17, 15) is 8.78 Å². The van der Waals surface area contributed by atoms with Gasteiger partial charge < -0.3 is 57.8 Å². The Bertz CT molecular complexity index is 1840. The van der Waals surface area contributed by atoms with Crippen LogP contribution in [0.4, 0.5) is 20.2 Å². The summed E-state index contributed by atoms with van der Waals surface area (Å²) in [5.41, 5.74) is -0.273. The molecule has 2 aromatic rings. The van der Waals surface area contributed by atoms with Crippen LogP contribution in [0.1, 0.15) is 109 Å². The average molecular weight is 959 g/mol. The van der Waals surface area contributed by atoms with Crippen molar-refractivity contribution >= 4 is 53.9 Å². The molecule has 0 aliphatic carbocycles. The van der Waals surface area contributed by atoms with E-state index in [4.69, 9.17) is 37.4 Å². The number of halogens is 3. The van der Waals surface area contributed by atoms with Crippen LogP contribution in [-0.4, -0.2) is 141 Å². The van der Waals surface area contributed by atoms with Crippen molar-refractivity contribution in [1.29, 1.82) is 0 Å². The average Bonchev–Trinajstić information content (AvgIpc) is 3.96. The van der Waals surface area contributed by atoms with Crippen molar-refractivity contribution in [2.75, 3.05) is 76.3 Å². The second kappa shape index (κ2) is 18.6. The molecule has 0 spiro atoms. The van der Waals surface area contributed by atoms with Gasteiger partial charge in [-0.2, -0.15) is 0 Å². The van der Waals surface area contributed by atoms with Gasteiger partial charge in [0.05, 0.1) is 71.1 Å². The van der Waals surface area contributed by atoms with Crippen molar-refractivity contribution in [3.8, 4) is 0 Å². The van der Waals surface area contributed by atoms with Crippen molar-refractivity contribution in [2.24, 2.45) is 0 Å². The Morgan fingerprint density at radius 3 is 1.19 bits per heavy atom. The summed E-state index contributed by atoms with van der Waals surface area (Å²) in [5.74, 6) is -0.519. The minimum Gasteiger partial charge on any atom is -0.405 e. The Morgan fingerprint density at radius 2 is 0.844 bits per heavy atom. The van der Waals surface area contributed by atoms with Crippen LogP contribution < -0.4 is 16.1 Å². The molecular formula is C46H72B3BrF2N4O8. The van der Waals surface area contributed by atoms with Gasteiger partial charge in [0.1, 0.15) is 11.6 Å². The van der Waals surface area contributed by atoms with Crippen molar-refractivity contribution < 1.29 is 46.2 Å². The topological polar surface area (TPSA) is 104 Å². The summed E-state index contributed by atoms with van der Waals surface area (Å²) >= 11 is 3.33. The molecular weight excluding hydrogens is 887 g/mol. The molecule has 2 N–H and O–H groups in total. The Hall–Kier alpha value is -1.83. The summed E-state index contributed by atoms with van der Waals surface area (Å²) in [7, 11) is -1.52. The summed E-state index contributed by atoms with van der Waals surface area (Å²) in [6.45, 7) is 33.4. The van der Waals surface area contributed by atoms with Crippen LogP contribution in [0.2, 0.25) is 0 Å². The molecule has 7 heterocycles. The maximum absolute atomic E-state index is 14.4. The smallest absolute Gasteiger partial charge is 0.405 e. The number of hydrogen-bond donors (Lipinski definition) is 2. The molecule has 7 aliphatic heterocycles. The first-order valence-corrected chi connectivity index (χ1v) is 24.0. The van der Waals surface area contributed by atoms with Gasteiger partial charge in [-0.15, -0.1) is 0 Å². The molecule has 2 aromatic carbocycles. The van der Waals surface area contributed by atoms with Gasteiger partial charge in [-0.1, -0.05) is 15.9 Å². The second-order valence-electron chi connectivity index (χ2n) is 22.0. The summed E-state index contributed by atoms with van der Waals surface area (Å²) in [4.78, 5) is 4.92. The molecule has 0 bridgehead atoms. The molecule has 64 heavy (non-hydrogen) atoms. The zero-order chi connectivity index (χ0) is 46.6. The van der Waals surface area contributed by atoms with E-state index in [-0.39, 0.29) is 45.1 Å². The first-order chi connectivity index (χ1) is 29.7. The summed E-state index contributed by atoms with van der Waals surface area (Å²) in [6.07, 6.45) is 5.07. The Labute approximate surface area is 390 Å². The summed E-state index contributed by atoms with van der Waals surface area (Å²) < 4.78 is 75.5. The van der Waals surface area contributed by atoms with Crippen molar-refractivity contribution in [3.05, 3.63) is 52.5 Å². The molecule has 7 fully saturated rings. The van der Waals surface area contributed by atoms with Gasteiger partial charge in [-0.3, -0.25) is 0 Å². The number of rotatable bonds is 10. The zero-order valence-electron chi connectivity index (χ0n) is 40.4. The summed E-state index contributed by atoms with van der Waals surface area (Å²) in [6, 6.07) is 9.89. The van der Waals surface area contributed by atoms with Crippen LogP contribution in [0.5, 0.6) is 0 Å². The molecule has 0 atom stereocenters. The van der Waals surface area contributed by atoms with Gasteiger partial charge >= 0.3 is 21.1 Å². The van der Waals surface area contributed by atoms with Gasteiger partial charge in [-0.05, 0) is 177 Å². The normalized spacial score (nSPS) is 26.6. The van der Waals surface area contributed by atoms with Crippen molar-refractivity contribution in [1.82, 2.24) is 9.80 Å². The Kier molecular flexibility index (Phi) is 14.5. The second-order valence-corrected chi connectivity index (χ2v) is 22.9. The fourth-order valence-corrected chi connectivity index (χ4v) is 9.34. The van der Waals surface area contributed by atoms with E-state index in [1.165, 1.54) is 43.9 Å². The lowest BCUT2D eigenvalue weighted by Gasteiger charge is -2.45. The Morgan fingerprint density at radius 1 is 0.500 bits per heavy atom. The third-order valence-electron chi connectivity index (χ3n) is 14.9. The quantitative estimate of drug-likeness (QED) is 0.231. The fourth-order valence-electron chi connectivity index (χ4n) is 8.88. The molecule has 0 unspecified atom stereocenters. The number of benzene rings is 2. The van der Waals surface area contributed by atoms with Crippen LogP contribution in [0.25, 0.3) is 0 Å². The first-order valence-electron chi connectivity index (χ1n) is 23.2. The van der Waals surface area contributed by atoms with Gasteiger partial charge in [-0.25, -0.2) is 8.78 Å². The highest BCUT2D eigenvalue weighted by Crippen LogP contribution is 2.43. The van der Waals surface area contributed by atoms with Crippen LogP contribution >= 0.6 is 15.9 Å². The lowest BCUT2D eigenvalue weighted by molar-refractivity contribution is -0.0535. The standard InChI is InChI=1S/C20H30BFN2O3.C14H18BrFN2O.C12H24B2O4/c1-18(2)19(3,4)27-21(26-18)15-9-16(22)11-17(10-15)23-20(13-25-14-20)12-24-7-5-6-8-24;15-11-5-12(16)7-13(6-11)17-14(9-19-10-14)8-18-3-1-2-4-18;1-9(2)10(3,4)16-13(15-9)14-17-11(5,6)12(7,8)18-14/h9-11,23H,5-8,12-14H2,1-4H3;5-7,17H,1-4,8-10H2;1-8H3. The molecule has 7 saturated heterocycles. The number of nitrogens with one attached hydrogen (secondary N) is 2. The molecule has 12 nitrogen and oxygen atoms in total. The minimum absolute atomic E-state index is 0.0580. The molecule has 18 heteroatoms. The number of anilines is 2. The van der Waals surface area contributed by atoms with Crippen molar-refractivity contribution in [3.63, 3.8) is 0 Å². The minimum atomic E-state index is -0.571. The largest absolute Gasteiger partial charge is 0.495 e. The van der Waals surface area contributed by atoms with E-state index in [0.717, 1.165) is 55.1 Å². The molecule has 9 rings (SSSR count). The monoisotopic (exact) mass is 958 g/mol. The van der Waals surface area contributed by atoms with E-state index >= 15 is 0 Å². The molecule has 7 aliphatic rings. The van der Waals surface area contributed by atoms with Gasteiger partial charge in [0.2, 0.25) is 0 Å². The third-order valence-corrected chi connectivity index (χ3v) is 15.3. The molecule has 354 valence electrons. The van der Waals surface area contributed by atoms with E-state index in [1.54, 1.807) is 6.07 Å². The summed E-state index contributed by atoms with van der Waals surface area (Å²) in [5, 5.41) is 7.01. The molecule has 0 amide bonds. The van der Waals surface area contributed by atoms with Crippen LogP contribution in [0.15, 0.2) is 40.9 Å². The molecule has 0 aromatic heterocycles. The first kappa shape index (κ1) is 50.1. The van der Waals surface area contributed by atoms with E-state index < -0.39 is 32.3 Å². The maximum Gasteiger partial charge on any atom is 0.495 e. The van der Waals surface area contributed by atoms with E-state index in [0.29, 0.717) is 31.9 Å². The zero-order valence-corrected chi connectivity index (χ0v) is 42.0. The molecule has 0 saturated carbocycles. The maximum atomic E-state index is 14.4. The van der Waals surface area contributed by atoms with Crippen LogP contribution in [-0.2, 0) is 37.4 Å². The highest BCUT2D eigenvalue weighted by Gasteiger charge is 2.64.